The highest BCUT2D eigenvalue weighted by Gasteiger charge is 2.21. The number of rotatable bonds is 4. The summed E-state index contributed by atoms with van der Waals surface area (Å²) in [4.78, 5) is 10.3. The van der Waals surface area contributed by atoms with E-state index in [0.717, 1.165) is 82.3 Å². The quantitative estimate of drug-likeness (QED) is 0.182. The molecule has 0 N–H and O–H groups in total. The molecule has 0 saturated heterocycles. The van der Waals surface area contributed by atoms with Gasteiger partial charge in [0.15, 0.2) is 0 Å². The zero-order chi connectivity index (χ0) is 31.6. The maximum Gasteiger partial charge on any atom is 0.136 e. The Bertz CT molecular complexity index is 2830. The van der Waals surface area contributed by atoms with Gasteiger partial charge in [0.1, 0.15) is 16.2 Å². The molecule has 48 heavy (non-hydrogen) atoms. The third kappa shape index (κ3) is 4.27. The Morgan fingerprint density at radius 2 is 1.10 bits per heavy atom. The van der Waals surface area contributed by atoms with Gasteiger partial charge >= 0.3 is 0 Å². The van der Waals surface area contributed by atoms with E-state index < -0.39 is 0 Å². The van der Waals surface area contributed by atoms with Gasteiger partial charge in [0.25, 0.3) is 0 Å². The maximum atomic E-state index is 6.56. The van der Waals surface area contributed by atoms with Crippen molar-refractivity contribution in [3.05, 3.63) is 158 Å². The predicted molar refractivity (Wildman–Crippen MR) is 201 cm³/mol. The van der Waals surface area contributed by atoms with Crippen LogP contribution < -0.4 is 0 Å². The van der Waals surface area contributed by atoms with E-state index in [1.165, 1.54) is 15.6 Å². The summed E-state index contributed by atoms with van der Waals surface area (Å²) >= 11 is 1.73. The Morgan fingerprint density at radius 1 is 0.417 bits per heavy atom. The summed E-state index contributed by atoms with van der Waals surface area (Å²) in [5.74, 6) is 0. The average molecular weight is 631 g/mol. The molecular weight excluding hydrogens is 605 g/mol. The van der Waals surface area contributed by atoms with Crippen LogP contribution in [-0.4, -0.2) is 9.97 Å². The highest BCUT2D eigenvalue weighted by molar-refractivity contribution is 7.21. The van der Waals surface area contributed by atoms with Crippen LogP contribution in [0.5, 0.6) is 0 Å². The molecule has 0 aliphatic heterocycles. The molecule has 0 atom stereocenters. The van der Waals surface area contributed by atoms with Crippen LogP contribution in [0.15, 0.2) is 162 Å². The largest absolute Gasteiger partial charge is 0.456 e. The molecule has 3 nitrogen and oxygen atoms in total. The first-order valence-corrected chi connectivity index (χ1v) is 16.9. The Balaban J connectivity index is 1.22. The number of fused-ring (bicyclic) bond motifs is 7. The van der Waals surface area contributed by atoms with E-state index in [9.17, 15) is 0 Å². The van der Waals surface area contributed by atoms with Gasteiger partial charge in [-0.3, -0.25) is 0 Å². The molecule has 224 valence electrons. The molecule has 0 spiro atoms. The van der Waals surface area contributed by atoms with Crippen molar-refractivity contribution in [2.24, 2.45) is 0 Å². The molecule has 0 amide bonds. The van der Waals surface area contributed by atoms with E-state index in [4.69, 9.17) is 14.4 Å². The molecule has 0 aliphatic carbocycles. The van der Waals surface area contributed by atoms with Crippen LogP contribution >= 0.6 is 11.3 Å². The van der Waals surface area contributed by atoms with E-state index in [-0.39, 0.29) is 0 Å². The molecular formula is C44H26N2OS. The molecule has 0 fully saturated rings. The summed E-state index contributed by atoms with van der Waals surface area (Å²) in [5, 5.41) is 6.66. The lowest BCUT2D eigenvalue weighted by atomic mass is 9.89. The van der Waals surface area contributed by atoms with E-state index >= 15 is 0 Å². The number of pyridine rings is 1. The Labute approximate surface area is 280 Å². The Kier molecular flexibility index (Phi) is 6.05. The predicted octanol–water partition coefficient (Wildman–Crippen LogP) is 12.6. The fourth-order valence-corrected chi connectivity index (χ4v) is 8.04. The van der Waals surface area contributed by atoms with Crippen LogP contribution in [0.1, 0.15) is 0 Å². The molecule has 0 radical (unpaired) electrons. The van der Waals surface area contributed by atoms with Gasteiger partial charge in [-0.25, -0.2) is 9.97 Å². The second-order valence-electron chi connectivity index (χ2n) is 12.1. The van der Waals surface area contributed by atoms with Crippen LogP contribution in [0.4, 0.5) is 0 Å². The lowest BCUT2D eigenvalue weighted by Crippen LogP contribution is -1.93. The standard InChI is InChI=1S/C44H26N2OS/c1-3-12-27(13-4-1)40-41-32-18-7-9-20-35(32)45-43(34(41)26-38-42(40)33-19-8-10-21-37(33)47-38)31-17-11-16-29(24-31)30-22-23-39-36(25-30)46-44(48-39)28-14-5-2-6-15-28/h1-26H. The van der Waals surface area contributed by atoms with Gasteiger partial charge in [0.2, 0.25) is 0 Å². The topological polar surface area (TPSA) is 38.9 Å². The summed E-state index contributed by atoms with van der Waals surface area (Å²) in [7, 11) is 0. The highest BCUT2D eigenvalue weighted by atomic mass is 32.1. The molecule has 7 aromatic carbocycles. The van der Waals surface area contributed by atoms with Gasteiger partial charge in [-0.15, -0.1) is 11.3 Å². The first kappa shape index (κ1) is 27.1. The molecule has 0 unspecified atom stereocenters. The van der Waals surface area contributed by atoms with Crippen molar-refractivity contribution in [1.82, 2.24) is 9.97 Å². The number of hydrogen-bond donors (Lipinski definition) is 0. The lowest BCUT2D eigenvalue weighted by Gasteiger charge is -2.16. The van der Waals surface area contributed by atoms with Gasteiger partial charge in [0.05, 0.1) is 21.4 Å². The van der Waals surface area contributed by atoms with E-state index in [0.29, 0.717) is 0 Å². The minimum Gasteiger partial charge on any atom is -0.456 e. The zero-order valence-corrected chi connectivity index (χ0v) is 26.5. The van der Waals surface area contributed by atoms with E-state index in [2.05, 4.69) is 146 Å². The van der Waals surface area contributed by atoms with Gasteiger partial charge in [0, 0.05) is 43.6 Å². The van der Waals surface area contributed by atoms with Crippen LogP contribution in [0.3, 0.4) is 0 Å². The van der Waals surface area contributed by atoms with Crippen molar-refractivity contribution in [3.8, 4) is 44.1 Å². The van der Waals surface area contributed by atoms with E-state index in [1.807, 2.05) is 12.1 Å². The molecule has 10 rings (SSSR count). The minimum atomic E-state index is 0.861. The van der Waals surface area contributed by atoms with Crippen molar-refractivity contribution in [2.45, 2.75) is 0 Å². The van der Waals surface area contributed by atoms with Gasteiger partial charge in [-0.1, -0.05) is 121 Å². The van der Waals surface area contributed by atoms with Crippen LogP contribution in [0.2, 0.25) is 0 Å². The number of furan rings is 1. The van der Waals surface area contributed by atoms with Crippen molar-refractivity contribution < 1.29 is 4.42 Å². The molecule has 3 aromatic heterocycles. The van der Waals surface area contributed by atoms with Gasteiger partial charge in [-0.2, -0.15) is 0 Å². The summed E-state index contributed by atoms with van der Waals surface area (Å²) in [5.41, 5.74) is 11.4. The zero-order valence-electron chi connectivity index (χ0n) is 25.7. The van der Waals surface area contributed by atoms with Crippen LogP contribution in [0, 0.1) is 0 Å². The molecule has 3 heterocycles. The number of benzene rings is 7. The monoisotopic (exact) mass is 630 g/mol. The van der Waals surface area contributed by atoms with Gasteiger partial charge in [-0.05, 0) is 53.1 Å². The average Bonchev–Trinajstić information content (AvgIpc) is 3.76. The van der Waals surface area contributed by atoms with Gasteiger partial charge < -0.3 is 4.42 Å². The second-order valence-corrected chi connectivity index (χ2v) is 13.2. The lowest BCUT2D eigenvalue weighted by molar-refractivity contribution is 0.669. The van der Waals surface area contributed by atoms with Crippen molar-refractivity contribution in [2.75, 3.05) is 0 Å². The molecule has 0 aliphatic rings. The minimum absolute atomic E-state index is 0.861. The summed E-state index contributed by atoms with van der Waals surface area (Å²) < 4.78 is 7.74. The number of hydrogen-bond acceptors (Lipinski definition) is 4. The SMILES string of the molecule is c1ccc(-c2nc3cc(-c4cccc(-c5nc6ccccc6c6c(-c7ccccc7)c7c(cc56)oc5ccccc57)c4)ccc3s2)cc1. The molecule has 0 bridgehead atoms. The van der Waals surface area contributed by atoms with E-state index in [1.54, 1.807) is 11.3 Å². The first-order chi connectivity index (χ1) is 23.8. The Morgan fingerprint density at radius 3 is 1.96 bits per heavy atom. The van der Waals surface area contributed by atoms with Crippen molar-refractivity contribution in [1.29, 1.82) is 0 Å². The Hall–Kier alpha value is -6.10. The van der Waals surface area contributed by atoms with Crippen molar-refractivity contribution >= 4 is 65.2 Å². The maximum absolute atomic E-state index is 6.56. The number of aromatic nitrogens is 2. The molecule has 10 aromatic rings. The highest BCUT2D eigenvalue weighted by Crippen LogP contribution is 2.46. The fourth-order valence-electron chi connectivity index (χ4n) is 7.09. The summed E-state index contributed by atoms with van der Waals surface area (Å²) in [6.07, 6.45) is 0. The summed E-state index contributed by atoms with van der Waals surface area (Å²) in [6.45, 7) is 0. The fraction of sp³-hybridized carbons (Fsp3) is 0. The number of para-hydroxylation sites is 2. The second kappa shape index (κ2) is 10.7. The molecule has 4 heteroatoms. The number of nitrogens with zero attached hydrogens (tertiary/aromatic N) is 2. The summed E-state index contributed by atoms with van der Waals surface area (Å²) in [6, 6.07) is 55.4. The molecule has 0 saturated carbocycles. The smallest absolute Gasteiger partial charge is 0.136 e. The van der Waals surface area contributed by atoms with Crippen LogP contribution in [0.25, 0.3) is 97.9 Å². The third-order valence-corrected chi connectivity index (χ3v) is 10.4. The van der Waals surface area contributed by atoms with Crippen LogP contribution in [-0.2, 0) is 0 Å². The van der Waals surface area contributed by atoms with Crippen molar-refractivity contribution in [3.63, 3.8) is 0 Å². The number of thiazole rings is 1. The normalized spacial score (nSPS) is 11.8. The third-order valence-electron chi connectivity index (χ3n) is 9.27. The first-order valence-electron chi connectivity index (χ1n) is 16.1.